The predicted molar refractivity (Wildman–Crippen MR) is 129 cm³/mol. The van der Waals surface area contributed by atoms with Crippen LogP contribution in [0.5, 0.6) is 5.75 Å². The van der Waals surface area contributed by atoms with Crippen molar-refractivity contribution in [1.29, 1.82) is 0 Å². The smallest absolute Gasteiger partial charge is 0.119 e. The standard InChI is InChI=1S/C26H42OSi/c1-7-9-11-13-15-21-19-22(16-14-12-10-8-2)26(28(4,5)6)25-20-23(27-3)17-18-24(21)25/h17-20H,7-16H2,1-6H3. The third kappa shape index (κ3) is 6.11. The molecular formula is C26H42OSi. The SMILES string of the molecule is CCCCCCc1cc(CCCCCC)c2ccc(OC)cc2c1[Si](C)(C)C. The first-order chi connectivity index (χ1) is 13.4. The largest absolute Gasteiger partial charge is 0.497 e. The highest BCUT2D eigenvalue weighted by Crippen LogP contribution is 2.29. The molecular weight excluding hydrogens is 356 g/mol. The molecule has 0 unspecified atom stereocenters. The Morgan fingerprint density at radius 2 is 1.32 bits per heavy atom. The fraction of sp³-hybridized carbons (Fsp3) is 0.615. The van der Waals surface area contributed by atoms with Gasteiger partial charge in [-0.3, -0.25) is 0 Å². The molecule has 0 heterocycles. The summed E-state index contributed by atoms with van der Waals surface area (Å²) in [6.07, 6.45) is 13.1. The van der Waals surface area contributed by atoms with Crippen molar-refractivity contribution in [3.63, 3.8) is 0 Å². The zero-order valence-electron chi connectivity index (χ0n) is 19.3. The normalized spacial score (nSPS) is 11.9. The number of rotatable bonds is 12. The lowest BCUT2D eigenvalue weighted by Crippen LogP contribution is -2.41. The summed E-state index contributed by atoms with van der Waals surface area (Å²) in [5.41, 5.74) is 3.18. The Kier molecular flexibility index (Phi) is 9.07. The third-order valence-electron chi connectivity index (χ3n) is 5.86. The van der Waals surface area contributed by atoms with E-state index in [0.29, 0.717) is 0 Å². The molecule has 1 nitrogen and oxygen atoms in total. The quantitative estimate of drug-likeness (QED) is 0.264. The van der Waals surface area contributed by atoms with E-state index in [-0.39, 0.29) is 0 Å². The molecule has 0 aliphatic rings. The Morgan fingerprint density at radius 3 is 1.86 bits per heavy atom. The van der Waals surface area contributed by atoms with Crippen LogP contribution in [-0.2, 0) is 12.8 Å². The van der Waals surface area contributed by atoms with Gasteiger partial charge in [-0.15, -0.1) is 0 Å². The van der Waals surface area contributed by atoms with Crippen LogP contribution >= 0.6 is 0 Å². The summed E-state index contributed by atoms with van der Waals surface area (Å²) in [5, 5.41) is 4.60. The molecule has 0 N–H and O–H groups in total. The van der Waals surface area contributed by atoms with Crippen molar-refractivity contribution < 1.29 is 4.74 Å². The summed E-state index contributed by atoms with van der Waals surface area (Å²) in [6, 6.07) is 9.36. The Morgan fingerprint density at radius 1 is 0.714 bits per heavy atom. The molecule has 2 aromatic carbocycles. The minimum absolute atomic E-state index is 0.993. The van der Waals surface area contributed by atoms with Crippen molar-refractivity contribution in [3.8, 4) is 5.75 Å². The fourth-order valence-corrected chi connectivity index (χ4v) is 6.62. The monoisotopic (exact) mass is 398 g/mol. The zero-order valence-corrected chi connectivity index (χ0v) is 20.3. The lowest BCUT2D eigenvalue weighted by Gasteiger charge is -2.26. The maximum Gasteiger partial charge on any atom is 0.119 e. The molecule has 0 bridgehead atoms. The van der Waals surface area contributed by atoms with Crippen molar-refractivity contribution in [2.24, 2.45) is 0 Å². The van der Waals surface area contributed by atoms with Gasteiger partial charge in [0.15, 0.2) is 0 Å². The molecule has 0 spiro atoms. The summed E-state index contributed by atoms with van der Waals surface area (Å²) in [6.45, 7) is 12.1. The molecule has 0 aliphatic heterocycles. The van der Waals surface area contributed by atoms with E-state index in [1.807, 2.05) is 0 Å². The summed E-state index contributed by atoms with van der Waals surface area (Å²) in [5.74, 6) is 0.993. The summed E-state index contributed by atoms with van der Waals surface area (Å²) in [4.78, 5) is 0. The highest BCUT2D eigenvalue weighted by molar-refractivity contribution is 6.90. The van der Waals surface area contributed by atoms with Crippen LogP contribution in [0.4, 0.5) is 0 Å². The lowest BCUT2D eigenvalue weighted by molar-refractivity contribution is 0.415. The van der Waals surface area contributed by atoms with Crippen LogP contribution in [0, 0.1) is 0 Å². The number of hydrogen-bond acceptors (Lipinski definition) is 1. The molecule has 0 aromatic heterocycles. The van der Waals surface area contributed by atoms with Gasteiger partial charge in [0.2, 0.25) is 0 Å². The van der Waals surface area contributed by atoms with E-state index in [1.54, 1.807) is 23.4 Å². The highest BCUT2D eigenvalue weighted by atomic mass is 28.3. The van der Waals surface area contributed by atoms with E-state index in [2.05, 4.69) is 57.8 Å². The minimum atomic E-state index is -1.47. The van der Waals surface area contributed by atoms with E-state index in [4.69, 9.17) is 4.74 Å². The van der Waals surface area contributed by atoms with Gasteiger partial charge in [-0.25, -0.2) is 0 Å². The molecule has 28 heavy (non-hydrogen) atoms. The summed E-state index contributed by atoms with van der Waals surface area (Å²) >= 11 is 0. The topological polar surface area (TPSA) is 9.23 Å². The van der Waals surface area contributed by atoms with E-state index >= 15 is 0 Å². The molecule has 0 fully saturated rings. The maximum atomic E-state index is 5.61. The first-order valence-corrected chi connectivity index (χ1v) is 15.0. The molecule has 0 atom stereocenters. The molecule has 0 amide bonds. The van der Waals surface area contributed by atoms with Crippen LogP contribution in [0.15, 0.2) is 24.3 Å². The van der Waals surface area contributed by atoms with Crippen LogP contribution in [0.3, 0.4) is 0 Å². The van der Waals surface area contributed by atoms with Crippen LogP contribution in [0.25, 0.3) is 10.8 Å². The highest BCUT2D eigenvalue weighted by Gasteiger charge is 2.24. The molecule has 2 aromatic rings. The Hall–Kier alpha value is -1.28. The zero-order chi connectivity index (χ0) is 20.6. The number of fused-ring (bicyclic) bond motifs is 1. The van der Waals surface area contributed by atoms with Crippen molar-refractivity contribution in [2.75, 3.05) is 7.11 Å². The van der Waals surface area contributed by atoms with Crippen LogP contribution < -0.4 is 9.92 Å². The first kappa shape index (κ1) is 23.0. The van der Waals surface area contributed by atoms with Gasteiger partial charge in [0.05, 0.1) is 15.2 Å². The molecule has 156 valence electrons. The Labute approximate surface area is 174 Å². The average Bonchev–Trinajstić information content (AvgIpc) is 2.66. The van der Waals surface area contributed by atoms with E-state index in [1.165, 1.54) is 75.0 Å². The molecule has 0 aliphatic carbocycles. The second kappa shape index (κ2) is 11.0. The van der Waals surface area contributed by atoms with Gasteiger partial charge >= 0.3 is 0 Å². The minimum Gasteiger partial charge on any atom is -0.497 e. The van der Waals surface area contributed by atoms with E-state index in [0.717, 1.165) is 5.75 Å². The van der Waals surface area contributed by atoms with Gasteiger partial charge in [-0.2, -0.15) is 0 Å². The van der Waals surface area contributed by atoms with Gasteiger partial charge in [-0.05, 0) is 64.9 Å². The molecule has 0 saturated heterocycles. The second-order valence-corrected chi connectivity index (χ2v) is 14.4. The van der Waals surface area contributed by atoms with Crippen LogP contribution in [0.1, 0.15) is 76.3 Å². The number of ether oxygens (including phenoxy) is 1. The molecule has 0 saturated carbocycles. The second-order valence-electron chi connectivity index (χ2n) is 9.35. The Balaban J connectivity index is 2.51. The maximum absolute atomic E-state index is 5.61. The van der Waals surface area contributed by atoms with Crippen molar-refractivity contribution in [3.05, 3.63) is 35.4 Å². The predicted octanol–water partition coefficient (Wildman–Crippen LogP) is 7.64. The lowest BCUT2D eigenvalue weighted by atomic mass is 9.94. The molecule has 2 rings (SSSR count). The number of aryl methyl sites for hydroxylation is 2. The Bertz CT molecular complexity index is 742. The summed E-state index contributed by atoms with van der Waals surface area (Å²) in [7, 11) is 0.318. The van der Waals surface area contributed by atoms with Gasteiger partial charge in [0, 0.05) is 0 Å². The molecule has 2 heteroatoms. The number of unbranched alkanes of at least 4 members (excludes halogenated alkanes) is 6. The average molecular weight is 399 g/mol. The van der Waals surface area contributed by atoms with E-state index in [9.17, 15) is 0 Å². The summed E-state index contributed by atoms with van der Waals surface area (Å²) < 4.78 is 5.61. The van der Waals surface area contributed by atoms with Crippen molar-refractivity contribution >= 4 is 24.0 Å². The van der Waals surface area contributed by atoms with Gasteiger partial charge in [-0.1, -0.05) is 84.1 Å². The van der Waals surface area contributed by atoms with Crippen LogP contribution in [0.2, 0.25) is 19.6 Å². The van der Waals surface area contributed by atoms with Gasteiger partial charge < -0.3 is 4.74 Å². The number of benzene rings is 2. The van der Waals surface area contributed by atoms with Crippen molar-refractivity contribution in [1.82, 2.24) is 0 Å². The fourth-order valence-electron chi connectivity index (χ4n) is 4.44. The van der Waals surface area contributed by atoms with Gasteiger partial charge in [0.25, 0.3) is 0 Å². The van der Waals surface area contributed by atoms with E-state index < -0.39 is 8.07 Å². The van der Waals surface area contributed by atoms with Crippen LogP contribution in [-0.4, -0.2) is 15.2 Å². The third-order valence-corrected chi connectivity index (χ3v) is 7.95. The first-order valence-electron chi connectivity index (χ1n) is 11.5. The van der Waals surface area contributed by atoms with Crippen molar-refractivity contribution in [2.45, 2.75) is 97.7 Å². The number of hydrogen-bond donors (Lipinski definition) is 0. The molecule has 0 radical (unpaired) electrons. The van der Waals surface area contributed by atoms with Gasteiger partial charge in [0.1, 0.15) is 5.75 Å². The number of methoxy groups -OCH3 is 1.